The number of halogens is 3. The van der Waals surface area contributed by atoms with E-state index in [1.165, 1.54) is 6.08 Å². The van der Waals surface area contributed by atoms with Crippen LogP contribution in [0.15, 0.2) is 37.0 Å². The lowest BCUT2D eigenvalue weighted by molar-refractivity contribution is -0.0878. The molecule has 0 unspecified atom stereocenters. The van der Waals surface area contributed by atoms with Gasteiger partial charge < -0.3 is 0 Å². The van der Waals surface area contributed by atoms with Gasteiger partial charge in [-0.15, -0.1) is 6.58 Å². The van der Waals surface area contributed by atoms with E-state index in [4.69, 9.17) is 0 Å². The van der Waals surface area contributed by atoms with E-state index in [-0.39, 0.29) is 5.92 Å². The van der Waals surface area contributed by atoms with E-state index in [0.29, 0.717) is 6.42 Å². The van der Waals surface area contributed by atoms with Crippen LogP contribution in [0.3, 0.4) is 0 Å². The smallest absolute Gasteiger partial charge is 0.166 e. The third-order valence-electron chi connectivity index (χ3n) is 1.53. The Morgan fingerprint density at radius 2 is 2.00 bits per heavy atom. The van der Waals surface area contributed by atoms with Gasteiger partial charge in [-0.25, -0.2) is 0 Å². The molecule has 0 radical (unpaired) electrons. The summed E-state index contributed by atoms with van der Waals surface area (Å²) in [6.07, 6.45) is 0.517. The van der Waals surface area contributed by atoms with Crippen LogP contribution in [0.4, 0.5) is 13.2 Å². The van der Waals surface area contributed by atoms with Crippen molar-refractivity contribution in [1.82, 2.24) is 0 Å². The molecular formula is C10H13F3. The number of allylic oxidation sites excluding steroid dienone is 4. The van der Waals surface area contributed by atoms with Crippen molar-refractivity contribution in [3.05, 3.63) is 37.0 Å². The zero-order valence-electron chi connectivity index (χ0n) is 7.56. The minimum absolute atomic E-state index is 0.0663. The number of rotatable bonds is 4. The van der Waals surface area contributed by atoms with Gasteiger partial charge in [-0.2, -0.15) is 13.2 Å². The summed E-state index contributed by atoms with van der Waals surface area (Å²) in [5.41, 5.74) is -0.816. The SMILES string of the molecule is C=CC[C@@H](C)/C=C\C(=C)C(F)(F)F. The molecule has 0 bridgehead atoms. The van der Waals surface area contributed by atoms with Crippen LogP contribution in [0.1, 0.15) is 13.3 Å². The van der Waals surface area contributed by atoms with Crippen molar-refractivity contribution < 1.29 is 13.2 Å². The minimum Gasteiger partial charge on any atom is -0.166 e. The summed E-state index contributed by atoms with van der Waals surface area (Å²) in [5.74, 6) is 0.0663. The van der Waals surface area contributed by atoms with E-state index in [1.54, 1.807) is 6.08 Å². The molecular weight excluding hydrogens is 177 g/mol. The van der Waals surface area contributed by atoms with Crippen molar-refractivity contribution in [2.45, 2.75) is 19.5 Å². The van der Waals surface area contributed by atoms with E-state index >= 15 is 0 Å². The minimum atomic E-state index is -4.32. The highest BCUT2D eigenvalue weighted by molar-refractivity contribution is 5.20. The first-order valence-corrected chi connectivity index (χ1v) is 3.93. The Kier molecular flexibility index (Phi) is 4.52. The Hall–Kier alpha value is -0.990. The summed E-state index contributed by atoms with van der Waals surface area (Å²) >= 11 is 0. The quantitative estimate of drug-likeness (QED) is 0.466. The maximum atomic E-state index is 11.9. The summed E-state index contributed by atoms with van der Waals surface area (Å²) in [4.78, 5) is 0. The summed E-state index contributed by atoms with van der Waals surface area (Å²) in [5, 5.41) is 0. The van der Waals surface area contributed by atoms with Gasteiger partial charge in [-0.1, -0.05) is 31.7 Å². The fraction of sp³-hybridized carbons (Fsp3) is 0.400. The normalized spacial score (nSPS) is 14.5. The first kappa shape index (κ1) is 12.0. The molecule has 0 nitrogen and oxygen atoms in total. The van der Waals surface area contributed by atoms with Crippen molar-refractivity contribution in [3.8, 4) is 0 Å². The molecule has 0 aliphatic rings. The van der Waals surface area contributed by atoms with Gasteiger partial charge in [0.2, 0.25) is 0 Å². The fourth-order valence-corrected chi connectivity index (χ4v) is 0.716. The number of hydrogen-bond donors (Lipinski definition) is 0. The highest BCUT2D eigenvalue weighted by Gasteiger charge is 2.29. The Bertz CT molecular complexity index is 211. The number of hydrogen-bond acceptors (Lipinski definition) is 0. The predicted octanol–water partition coefficient (Wildman–Crippen LogP) is 3.87. The Labute approximate surface area is 76.5 Å². The molecule has 0 saturated heterocycles. The van der Waals surface area contributed by atoms with Crippen LogP contribution in [-0.4, -0.2) is 6.18 Å². The lowest BCUT2D eigenvalue weighted by Gasteiger charge is -2.06. The van der Waals surface area contributed by atoms with Crippen LogP contribution in [-0.2, 0) is 0 Å². The molecule has 0 heterocycles. The van der Waals surface area contributed by atoms with Gasteiger partial charge >= 0.3 is 6.18 Å². The topological polar surface area (TPSA) is 0 Å². The van der Waals surface area contributed by atoms with Gasteiger partial charge in [-0.3, -0.25) is 0 Å². The van der Waals surface area contributed by atoms with Gasteiger partial charge in [0.15, 0.2) is 0 Å². The molecule has 1 atom stereocenters. The van der Waals surface area contributed by atoms with E-state index in [1.807, 2.05) is 6.92 Å². The van der Waals surface area contributed by atoms with Gasteiger partial charge in [0.1, 0.15) is 0 Å². The van der Waals surface area contributed by atoms with Crippen LogP contribution in [0, 0.1) is 5.92 Å². The van der Waals surface area contributed by atoms with Gasteiger partial charge in [0.05, 0.1) is 0 Å². The van der Waals surface area contributed by atoms with Crippen LogP contribution >= 0.6 is 0 Å². The number of alkyl halides is 3. The molecule has 0 aromatic heterocycles. The van der Waals surface area contributed by atoms with E-state index in [2.05, 4.69) is 13.2 Å². The van der Waals surface area contributed by atoms with Crippen LogP contribution in [0.5, 0.6) is 0 Å². The maximum absolute atomic E-state index is 11.9. The highest BCUT2D eigenvalue weighted by atomic mass is 19.4. The second-order valence-electron chi connectivity index (χ2n) is 2.88. The molecule has 0 amide bonds. The molecule has 0 aromatic rings. The van der Waals surface area contributed by atoms with Crippen molar-refractivity contribution in [2.24, 2.45) is 5.92 Å². The Morgan fingerprint density at radius 1 is 1.46 bits per heavy atom. The molecule has 0 fully saturated rings. The zero-order valence-corrected chi connectivity index (χ0v) is 7.56. The first-order chi connectivity index (χ1) is 5.88. The third-order valence-corrected chi connectivity index (χ3v) is 1.53. The van der Waals surface area contributed by atoms with Gasteiger partial charge in [0, 0.05) is 5.57 Å². The standard InChI is InChI=1S/C10H13F3/c1-4-5-8(2)6-7-9(3)10(11,12)13/h4,6-8H,1,3,5H2,2H3/b7-6-/t8-/m1/s1. The van der Waals surface area contributed by atoms with Crippen molar-refractivity contribution in [1.29, 1.82) is 0 Å². The lowest BCUT2D eigenvalue weighted by Crippen LogP contribution is -2.08. The fourth-order valence-electron chi connectivity index (χ4n) is 0.716. The van der Waals surface area contributed by atoms with E-state index in [0.717, 1.165) is 6.08 Å². The van der Waals surface area contributed by atoms with E-state index < -0.39 is 11.7 Å². The van der Waals surface area contributed by atoms with Gasteiger partial charge in [-0.05, 0) is 12.3 Å². The molecule has 0 aromatic carbocycles. The molecule has 3 heteroatoms. The summed E-state index contributed by atoms with van der Waals surface area (Å²) in [6.45, 7) is 8.24. The second kappa shape index (κ2) is 4.90. The molecule has 0 aliphatic carbocycles. The average Bonchev–Trinajstić information content (AvgIpc) is 1.99. The summed E-state index contributed by atoms with van der Waals surface area (Å²) in [7, 11) is 0. The predicted molar refractivity (Wildman–Crippen MR) is 48.3 cm³/mol. The van der Waals surface area contributed by atoms with Gasteiger partial charge in [0.25, 0.3) is 0 Å². The molecule has 0 saturated carbocycles. The summed E-state index contributed by atoms with van der Waals surface area (Å²) < 4.78 is 35.7. The van der Waals surface area contributed by atoms with Crippen molar-refractivity contribution in [2.75, 3.05) is 0 Å². The monoisotopic (exact) mass is 190 g/mol. The van der Waals surface area contributed by atoms with Crippen molar-refractivity contribution >= 4 is 0 Å². The summed E-state index contributed by atoms with van der Waals surface area (Å²) in [6, 6.07) is 0. The molecule has 0 aliphatic heterocycles. The molecule has 0 N–H and O–H groups in total. The second-order valence-corrected chi connectivity index (χ2v) is 2.88. The Balaban J connectivity index is 4.12. The molecule has 0 spiro atoms. The van der Waals surface area contributed by atoms with Crippen LogP contribution < -0.4 is 0 Å². The van der Waals surface area contributed by atoms with Crippen molar-refractivity contribution in [3.63, 3.8) is 0 Å². The largest absolute Gasteiger partial charge is 0.415 e. The van der Waals surface area contributed by atoms with Crippen LogP contribution in [0.2, 0.25) is 0 Å². The van der Waals surface area contributed by atoms with Crippen LogP contribution in [0.25, 0.3) is 0 Å². The highest BCUT2D eigenvalue weighted by Crippen LogP contribution is 2.25. The Morgan fingerprint density at radius 3 is 2.38 bits per heavy atom. The molecule has 0 rings (SSSR count). The first-order valence-electron chi connectivity index (χ1n) is 3.93. The average molecular weight is 190 g/mol. The molecule has 74 valence electrons. The van der Waals surface area contributed by atoms with E-state index in [9.17, 15) is 13.2 Å². The zero-order chi connectivity index (χ0) is 10.5. The lowest BCUT2D eigenvalue weighted by atomic mass is 10.1. The molecule has 13 heavy (non-hydrogen) atoms. The maximum Gasteiger partial charge on any atom is 0.415 e. The third kappa shape index (κ3) is 5.28.